The average molecular weight is 152 g/mol. The minimum atomic E-state index is -0.793. The normalized spacial score (nSPS) is 9.27. The van der Waals surface area contributed by atoms with Gasteiger partial charge in [-0.05, 0) is 12.1 Å². The van der Waals surface area contributed by atoms with Crippen molar-refractivity contribution in [1.82, 2.24) is 10.2 Å². The van der Waals surface area contributed by atoms with E-state index in [1.165, 1.54) is 18.5 Å². The summed E-state index contributed by atoms with van der Waals surface area (Å²) < 4.78 is 0. The lowest BCUT2D eigenvalue weighted by Gasteiger charge is -2.20. The summed E-state index contributed by atoms with van der Waals surface area (Å²) in [5.74, 6) is 3.87. The molecule has 0 aliphatic carbocycles. The maximum absolute atomic E-state index is 10.8. The number of hydrogen-bond donors (Lipinski definition) is 1. The van der Waals surface area contributed by atoms with Crippen molar-refractivity contribution in [3.63, 3.8) is 0 Å². The Morgan fingerprint density at radius 3 is 2.91 bits per heavy atom. The molecule has 1 amide bonds. The molecule has 0 aliphatic heterocycles. The predicted octanol–water partition coefficient (Wildman–Crippen LogP) is -0.105. The van der Waals surface area contributed by atoms with Gasteiger partial charge in [0.05, 0.1) is 5.56 Å². The molecule has 0 unspecified atom stereocenters. The fraction of sp³-hybridized carbons (Fsp3) is 0. The quantitative estimate of drug-likeness (QED) is 0.346. The second-order valence-corrected chi connectivity index (χ2v) is 1.87. The minimum absolute atomic E-state index is 0.185. The fourth-order valence-corrected chi connectivity index (χ4v) is 0.617. The number of hydrogen-bond acceptors (Lipinski definition) is 4. The van der Waals surface area contributed by atoms with Gasteiger partial charge in [0.25, 0.3) is 5.91 Å². The number of carbonyl (C=O) groups excluding carboxylic acids is 1. The third kappa shape index (κ3) is 1.73. The summed E-state index contributed by atoms with van der Waals surface area (Å²) in [5.41, 5.74) is 0.185. The lowest BCUT2D eigenvalue weighted by Crippen LogP contribution is -2.31. The van der Waals surface area contributed by atoms with Gasteiger partial charge >= 0.3 is 0 Å². The number of amides is 1. The monoisotopic (exact) mass is 152 g/mol. The van der Waals surface area contributed by atoms with Crippen molar-refractivity contribution in [2.75, 3.05) is 0 Å². The number of nitrogens with two attached hydrogens (primary N) is 1. The van der Waals surface area contributed by atoms with Crippen LogP contribution in [0.25, 0.3) is 0 Å². The van der Waals surface area contributed by atoms with Gasteiger partial charge in [0.1, 0.15) is 0 Å². The lowest BCUT2D eigenvalue weighted by atomic mass is 10.3. The molecule has 1 aromatic rings. The predicted molar refractivity (Wildman–Crippen MR) is 38.0 cm³/mol. The van der Waals surface area contributed by atoms with Gasteiger partial charge in [-0.3, -0.25) is 15.6 Å². The first kappa shape index (κ1) is 7.64. The number of hydroxylamine groups is 1. The Morgan fingerprint density at radius 2 is 2.45 bits per heavy atom. The Kier molecular flexibility index (Phi) is 2.15. The number of nitrogens with zero attached hydrogens (tertiary/aromatic N) is 2. The molecule has 0 radical (unpaired) electrons. The van der Waals surface area contributed by atoms with Crippen LogP contribution in [0.2, 0.25) is 0 Å². The largest absolute Gasteiger partial charge is 0.741 e. The fourth-order valence-electron chi connectivity index (χ4n) is 0.617. The summed E-state index contributed by atoms with van der Waals surface area (Å²) in [6.07, 6.45) is 2.78. The highest BCUT2D eigenvalue weighted by atomic mass is 16.5. The van der Waals surface area contributed by atoms with Crippen molar-refractivity contribution in [2.45, 2.75) is 0 Å². The number of pyridine rings is 1. The first-order valence-corrected chi connectivity index (χ1v) is 2.88. The molecule has 0 saturated heterocycles. The van der Waals surface area contributed by atoms with E-state index in [2.05, 4.69) is 10.8 Å². The second-order valence-electron chi connectivity index (χ2n) is 1.87. The highest BCUT2D eigenvalue weighted by Crippen LogP contribution is 1.97. The molecule has 0 saturated carbocycles. The molecule has 1 rings (SSSR count). The van der Waals surface area contributed by atoms with Crippen LogP contribution in [0.4, 0.5) is 0 Å². The Balaban J connectivity index is 2.86. The molecule has 0 bridgehead atoms. The molecule has 58 valence electrons. The first-order valence-electron chi connectivity index (χ1n) is 2.88. The van der Waals surface area contributed by atoms with Crippen molar-refractivity contribution < 1.29 is 4.79 Å². The van der Waals surface area contributed by atoms with Crippen LogP contribution in [0.1, 0.15) is 10.4 Å². The van der Waals surface area contributed by atoms with E-state index in [9.17, 15) is 10.0 Å². The Bertz CT molecular complexity index is 247. The maximum Gasteiger partial charge on any atom is 0.259 e. The van der Waals surface area contributed by atoms with E-state index in [4.69, 9.17) is 0 Å². The summed E-state index contributed by atoms with van der Waals surface area (Å²) in [7, 11) is 0. The van der Waals surface area contributed by atoms with Gasteiger partial charge in [0.2, 0.25) is 0 Å². The van der Waals surface area contributed by atoms with Crippen molar-refractivity contribution in [3.05, 3.63) is 35.3 Å². The van der Waals surface area contributed by atoms with Crippen molar-refractivity contribution in [1.29, 1.82) is 0 Å². The number of hydrazine groups is 1. The van der Waals surface area contributed by atoms with Gasteiger partial charge in [0, 0.05) is 12.4 Å². The number of carbonyl (C=O) groups is 1. The van der Waals surface area contributed by atoms with Crippen LogP contribution < -0.4 is 5.84 Å². The summed E-state index contributed by atoms with van der Waals surface area (Å²) in [4.78, 5) is 14.4. The number of rotatable bonds is 1. The van der Waals surface area contributed by atoms with E-state index in [0.717, 1.165) is 0 Å². The zero-order chi connectivity index (χ0) is 8.27. The molecule has 0 aromatic carbocycles. The summed E-state index contributed by atoms with van der Waals surface area (Å²) in [5, 5.41) is 10.0. The minimum Gasteiger partial charge on any atom is -0.741 e. The highest BCUT2D eigenvalue weighted by molar-refractivity contribution is 5.93. The van der Waals surface area contributed by atoms with E-state index in [1.807, 2.05) is 0 Å². The molecule has 1 heterocycles. The van der Waals surface area contributed by atoms with Crippen LogP contribution in [0.3, 0.4) is 0 Å². The van der Waals surface area contributed by atoms with Crippen LogP contribution >= 0.6 is 0 Å². The zero-order valence-corrected chi connectivity index (χ0v) is 5.60. The van der Waals surface area contributed by atoms with Gasteiger partial charge in [0.15, 0.2) is 0 Å². The molecule has 0 aliphatic rings. The molecule has 1 aromatic heterocycles. The molecular weight excluding hydrogens is 146 g/mol. The van der Waals surface area contributed by atoms with Gasteiger partial charge in [-0.25, -0.2) is 0 Å². The summed E-state index contributed by atoms with van der Waals surface area (Å²) in [6, 6.07) is 3.02. The van der Waals surface area contributed by atoms with Crippen LogP contribution in [0, 0.1) is 5.21 Å². The Morgan fingerprint density at radius 1 is 1.73 bits per heavy atom. The van der Waals surface area contributed by atoms with Crippen LogP contribution in [0.15, 0.2) is 24.5 Å². The molecule has 5 heteroatoms. The topological polar surface area (TPSA) is 82.3 Å². The van der Waals surface area contributed by atoms with Crippen LogP contribution in [-0.2, 0) is 0 Å². The standard InChI is InChI=1S/C6H6N3O2/c7-9(11)6(10)5-2-1-3-8-4-5/h1-4H,7H2/q-1. The van der Waals surface area contributed by atoms with E-state index in [0.29, 0.717) is 0 Å². The summed E-state index contributed by atoms with van der Waals surface area (Å²) in [6.45, 7) is 0. The van der Waals surface area contributed by atoms with Gasteiger partial charge in [-0.15, -0.1) is 0 Å². The van der Waals surface area contributed by atoms with Crippen molar-refractivity contribution in [3.8, 4) is 0 Å². The molecule has 0 atom stereocenters. The van der Waals surface area contributed by atoms with Gasteiger partial charge in [-0.2, -0.15) is 0 Å². The van der Waals surface area contributed by atoms with E-state index in [-0.39, 0.29) is 10.7 Å². The first-order chi connectivity index (χ1) is 5.22. The van der Waals surface area contributed by atoms with Crippen LogP contribution in [-0.4, -0.2) is 16.1 Å². The van der Waals surface area contributed by atoms with Gasteiger partial charge in [-0.1, -0.05) is 0 Å². The smallest absolute Gasteiger partial charge is 0.259 e. The third-order valence-electron chi connectivity index (χ3n) is 1.11. The third-order valence-corrected chi connectivity index (χ3v) is 1.11. The zero-order valence-electron chi connectivity index (χ0n) is 5.60. The van der Waals surface area contributed by atoms with Crippen LogP contribution in [0.5, 0.6) is 0 Å². The van der Waals surface area contributed by atoms with E-state index >= 15 is 0 Å². The Labute approximate surface area is 63.0 Å². The van der Waals surface area contributed by atoms with Crippen molar-refractivity contribution >= 4 is 5.91 Å². The average Bonchev–Trinajstić information content (AvgIpc) is 2.05. The van der Waals surface area contributed by atoms with Crippen molar-refractivity contribution in [2.24, 2.45) is 5.84 Å². The molecule has 0 fully saturated rings. The number of aromatic nitrogens is 1. The molecular formula is C6H6N3O2-. The van der Waals surface area contributed by atoms with E-state index in [1.54, 1.807) is 6.07 Å². The van der Waals surface area contributed by atoms with E-state index < -0.39 is 5.91 Å². The SMILES string of the molecule is NN([O-])C(=O)c1cccnc1. The Hall–Kier alpha value is -1.46. The lowest BCUT2D eigenvalue weighted by molar-refractivity contribution is 0.0822. The molecule has 5 nitrogen and oxygen atoms in total. The second kappa shape index (κ2) is 3.09. The van der Waals surface area contributed by atoms with Gasteiger partial charge < -0.3 is 10.4 Å². The highest BCUT2D eigenvalue weighted by Gasteiger charge is 2.02. The summed E-state index contributed by atoms with van der Waals surface area (Å²) >= 11 is 0. The molecule has 11 heavy (non-hydrogen) atoms. The molecule has 2 N–H and O–H groups in total. The molecule has 0 spiro atoms. The maximum atomic E-state index is 10.8.